The van der Waals surface area contributed by atoms with Crippen molar-refractivity contribution in [3.8, 4) is 11.5 Å². The van der Waals surface area contributed by atoms with Gasteiger partial charge < -0.3 is 15.4 Å². The number of carbonyl (C=O) groups is 2. The molecule has 188 valence electrons. The van der Waals surface area contributed by atoms with Gasteiger partial charge in [0, 0.05) is 12.6 Å². The molecule has 2 aliphatic heterocycles. The van der Waals surface area contributed by atoms with Crippen molar-refractivity contribution in [3.05, 3.63) is 54.1 Å². The average molecular weight is 503 g/mol. The summed E-state index contributed by atoms with van der Waals surface area (Å²) in [6.07, 6.45) is 2.36. The number of piperidine rings is 2. The molecule has 1 atom stereocenters. The fourth-order valence-electron chi connectivity index (χ4n) is 5.00. The van der Waals surface area contributed by atoms with Gasteiger partial charge in [0.2, 0.25) is 14.7 Å². The van der Waals surface area contributed by atoms with E-state index in [0.29, 0.717) is 23.6 Å². The van der Waals surface area contributed by atoms with Gasteiger partial charge in [-0.05, 0) is 99.3 Å². The zero-order valence-electron chi connectivity index (χ0n) is 19.5. The highest BCUT2D eigenvalue weighted by Crippen LogP contribution is 2.46. The van der Waals surface area contributed by atoms with Crippen LogP contribution >= 0.6 is 0 Å². The highest BCUT2D eigenvalue weighted by atomic mass is 32.2. The molecule has 2 aliphatic rings. The highest BCUT2D eigenvalue weighted by Gasteiger charge is 2.58. The summed E-state index contributed by atoms with van der Waals surface area (Å²) < 4.78 is 33.4. The summed E-state index contributed by atoms with van der Waals surface area (Å²) in [5.74, 6) is -0.323. The van der Waals surface area contributed by atoms with Gasteiger partial charge >= 0.3 is 0 Å². The Morgan fingerprint density at radius 1 is 0.943 bits per heavy atom. The monoisotopic (exact) mass is 502 g/mol. The minimum absolute atomic E-state index is 0.0538. The summed E-state index contributed by atoms with van der Waals surface area (Å²) in [4.78, 5) is 22.5. The Balaban J connectivity index is 1.59. The molecule has 11 heteroatoms. The second kappa shape index (κ2) is 9.94. The molecule has 2 saturated heterocycles. The van der Waals surface area contributed by atoms with Gasteiger partial charge in [-0.25, -0.2) is 13.9 Å². The van der Waals surface area contributed by atoms with Gasteiger partial charge in [0.05, 0.1) is 4.90 Å². The van der Waals surface area contributed by atoms with Gasteiger partial charge in [0.15, 0.2) is 0 Å². The van der Waals surface area contributed by atoms with Crippen LogP contribution in [0.3, 0.4) is 0 Å². The third-order valence-corrected chi connectivity index (χ3v) is 9.28. The normalized spacial score (nSPS) is 21.8. The summed E-state index contributed by atoms with van der Waals surface area (Å²) in [5, 5.41) is 18.2. The minimum Gasteiger partial charge on any atom is -0.457 e. The summed E-state index contributed by atoms with van der Waals surface area (Å²) in [5.41, 5.74) is 1.77. The van der Waals surface area contributed by atoms with Crippen molar-refractivity contribution in [1.29, 1.82) is 0 Å². The van der Waals surface area contributed by atoms with Crippen LogP contribution < -0.4 is 26.2 Å². The van der Waals surface area contributed by atoms with Crippen LogP contribution in [0.15, 0.2) is 53.4 Å². The molecule has 1 unspecified atom stereocenters. The first kappa shape index (κ1) is 25.1. The largest absolute Gasteiger partial charge is 0.457 e. The molecule has 5 N–H and O–H groups in total. The molecule has 0 saturated carbocycles. The number of carbonyl (C=O) groups excluding carboxylic acids is 2. The standard InChI is InChI=1S/C24H30N4O6S/c1-25-21(29)17-2-4-18(5-3-17)34-19-6-8-20(9-7-19)35(32,33)24(22(30)28-31)16-23(12-15-27-24)10-13-26-14-11-23/h2-9,26-27,31H,10-16H2,1H3,(H,25,29)(H,28,30). The predicted molar refractivity (Wildman–Crippen MR) is 128 cm³/mol. The van der Waals surface area contributed by atoms with Gasteiger partial charge in [-0.2, -0.15) is 0 Å². The molecule has 4 rings (SSSR count). The number of hydrogen-bond donors (Lipinski definition) is 5. The lowest BCUT2D eigenvalue weighted by Gasteiger charge is -2.48. The van der Waals surface area contributed by atoms with Gasteiger partial charge in [-0.15, -0.1) is 0 Å². The zero-order valence-corrected chi connectivity index (χ0v) is 20.3. The highest BCUT2D eigenvalue weighted by molar-refractivity contribution is 7.93. The van der Waals surface area contributed by atoms with Crippen molar-refractivity contribution in [1.82, 2.24) is 21.4 Å². The van der Waals surface area contributed by atoms with Crippen LogP contribution in [0.2, 0.25) is 0 Å². The molecule has 0 aliphatic carbocycles. The van der Waals surface area contributed by atoms with Crippen LogP contribution in [0.5, 0.6) is 11.5 Å². The van der Waals surface area contributed by atoms with Crippen molar-refractivity contribution in [2.75, 3.05) is 26.7 Å². The number of sulfone groups is 1. The molecule has 0 radical (unpaired) electrons. The molecule has 10 nitrogen and oxygen atoms in total. The lowest BCUT2D eigenvalue weighted by Crippen LogP contribution is -2.67. The predicted octanol–water partition coefficient (Wildman–Crippen LogP) is 1.57. The van der Waals surface area contributed by atoms with Crippen molar-refractivity contribution in [2.24, 2.45) is 5.41 Å². The Hall–Kier alpha value is -2.99. The summed E-state index contributed by atoms with van der Waals surface area (Å²) in [6.45, 7) is 1.86. The second-order valence-electron chi connectivity index (χ2n) is 9.05. The number of rotatable bonds is 6. The van der Waals surface area contributed by atoms with E-state index in [0.717, 1.165) is 32.4 Å². The maximum absolute atomic E-state index is 13.8. The number of hydroxylamine groups is 1. The van der Waals surface area contributed by atoms with Crippen LogP contribution in [-0.4, -0.2) is 57.0 Å². The molecule has 0 aromatic heterocycles. The molecule has 35 heavy (non-hydrogen) atoms. The Kier molecular flexibility index (Phi) is 7.13. The van der Waals surface area contributed by atoms with Crippen LogP contribution in [-0.2, 0) is 14.6 Å². The first-order valence-corrected chi connectivity index (χ1v) is 13.0. The molecule has 0 bridgehead atoms. The Morgan fingerprint density at radius 2 is 1.51 bits per heavy atom. The van der Waals surface area contributed by atoms with E-state index in [4.69, 9.17) is 4.74 Å². The molecular formula is C24H30N4O6S. The maximum atomic E-state index is 13.8. The van der Waals surface area contributed by atoms with Crippen molar-refractivity contribution in [2.45, 2.75) is 35.4 Å². The number of ether oxygens (including phenoxy) is 1. The number of amides is 2. The van der Waals surface area contributed by atoms with Crippen molar-refractivity contribution < 1.29 is 28.0 Å². The van der Waals surface area contributed by atoms with Gasteiger partial charge in [0.25, 0.3) is 11.8 Å². The number of nitrogens with one attached hydrogen (secondary N) is 4. The van der Waals surface area contributed by atoms with Crippen molar-refractivity contribution >= 4 is 21.7 Å². The second-order valence-corrected chi connectivity index (χ2v) is 11.2. The molecule has 2 aromatic rings. The Morgan fingerprint density at radius 3 is 2.09 bits per heavy atom. The molecule has 1 spiro atoms. The minimum atomic E-state index is -4.22. The zero-order chi connectivity index (χ0) is 25.1. The van der Waals surface area contributed by atoms with Crippen LogP contribution in [0, 0.1) is 5.41 Å². The van der Waals surface area contributed by atoms with Crippen molar-refractivity contribution in [3.63, 3.8) is 0 Å². The van der Waals surface area contributed by atoms with E-state index in [9.17, 15) is 23.2 Å². The van der Waals surface area contributed by atoms with Gasteiger partial charge in [-0.1, -0.05) is 0 Å². The Bertz CT molecular complexity index is 1170. The summed E-state index contributed by atoms with van der Waals surface area (Å²) in [7, 11) is -2.67. The van der Waals surface area contributed by atoms with E-state index in [2.05, 4.69) is 16.0 Å². The first-order valence-electron chi connectivity index (χ1n) is 11.5. The third kappa shape index (κ3) is 4.76. The fourth-order valence-corrected chi connectivity index (χ4v) is 6.97. The number of hydrogen-bond acceptors (Lipinski definition) is 8. The van der Waals surface area contributed by atoms with E-state index in [1.165, 1.54) is 24.3 Å². The summed E-state index contributed by atoms with van der Waals surface area (Å²) >= 11 is 0. The Labute approximate surface area is 204 Å². The van der Waals surface area contributed by atoms with E-state index >= 15 is 0 Å². The molecule has 2 aromatic carbocycles. The fraction of sp³-hybridized carbons (Fsp3) is 0.417. The molecule has 2 fully saturated rings. The number of benzene rings is 2. The SMILES string of the molecule is CNC(=O)c1ccc(Oc2ccc(S(=O)(=O)C3(C(=O)NO)CC4(CCNCC4)CCN3)cc2)cc1. The molecule has 2 heterocycles. The van der Waals surface area contributed by atoms with E-state index < -0.39 is 20.6 Å². The van der Waals surface area contributed by atoms with Crippen LogP contribution in [0.4, 0.5) is 0 Å². The average Bonchev–Trinajstić information content (AvgIpc) is 2.88. The quantitative estimate of drug-likeness (QED) is 0.296. The smallest absolute Gasteiger partial charge is 0.279 e. The van der Waals surface area contributed by atoms with Crippen LogP contribution in [0.1, 0.15) is 36.0 Å². The van der Waals surface area contributed by atoms with Gasteiger partial charge in [-0.3, -0.25) is 20.1 Å². The lowest BCUT2D eigenvalue weighted by atomic mass is 9.69. The summed E-state index contributed by atoms with van der Waals surface area (Å²) in [6, 6.07) is 12.3. The van der Waals surface area contributed by atoms with Gasteiger partial charge in [0.1, 0.15) is 11.5 Å². The maximum Gasteiger partial charge on any atom is 0.279 e. The molecule has 2 amide bonds. The first-order chi connectivity index (χ1) is 16.7. The van der Waals surface area contributed by atoms with E-state index in [1.807, 2.05) is 0 Å². The lowest BCUT2D eigenvalue weighted by molar-refractivity contribution is -0.135. The van der Waals surface area contributed by atoms with Crippen LogP contribution in [0.25, 0.3) is 0 Å². The van der Waals surface area contributed by atoms with E-state index in [-0.39, 0.29) is 22.6 Å². The topological polar surface area (TPSA) is 146 Å². The third-order valence-electron chi connectivity index (χ3n) is 6.99. The molecular weight excluding hydrogens is 472 g/mol. The van der Waals surface area contributed by atoms with E-state index in [1.54, 1.807) is 36.8 Å².